The Morgan fingerprint density at radius 3 is 2.46 bits per heavy atom. The first kappa shape index (κ1) is 18.4. The molecule has 2 heterocycles. The smallest absolute Gasteiger partial charge is 0.261 e. The molecule has 28 heavy (non-hydrogen) atoms. The average molecular weight is 449 g/mol. The van der Waals surface area contributed by atoms with E-state index < -0.39 is 53.6 Å². The number of nitrogens with one attached hydrogen (secondary N) is 1. The van der Waals surface area contributed by atoms with Gasteiger partial charge < -0.3 is 0 Å². The molecule has 2 aliphatic rings. The van der Waals surface area contributed by atoms with Gasteiger partial charge in [0.25, 0.3) is 11.8 Å². The molecular formula is C19H11BrF2N2O4. The number of nitrogens with zero attached hydrogens (tertiary/aromatic N) is 1. The van der Waals surface area contributed by atoms with Crippen LogP contribution in [-0.2, 0) is 26.3 Å². The Bertz CT molecular complexity index is 1090. The van der Waals surface area contributed by atoms with E-state index in [1.54, 1.807) is 0 Å². The number of carbonyl (C=O) groups excluding carboxylic acids is 4. The lowest BCUT2D eigenvalue weighted by molar-refractivity contribution is -0.142. The van der Waals surface area contributed by atoms with Gasteiger partial charge in [-0.15, -0.1) is 0 Å². The van der Waals surface area contributed by atoms with Gasteiger partial charge in [-0.1, -0.05) is 28.1 Å². The minimum atomic E-state index is -1.97. The largest absolute Gasteiger partial charge is 0.295 e. The number of benzene rings is 2. The first-order valence-electron chi connectivity index (χ1n) is 8.18. The Labute approximate surface area is 165 Å². The minimum Gasteiger partial charge on any atom is -0.295 e. The molecule has 2 aromatic carbocycles. The summed E-state index contributed by atoms with van der Waals surface area (Å²) >= 11 is 3.12. The number of rotatable bonds is 2. The molecule has 0 aliphatic carbocycles. The molecule has 1 N–H and O–H groups in total. The third kappa shape index (κ3) is 2.57. The molecule has 1 fully saturated rings. The van der Waals surface area contributed by atoms with Gasteiger partial charge in [-0.05, 0) is 29.8 Å². The number of hydrogen-bond donors (Lipinski definition) is 1. The maximum absolute atomic E-state index is 14.3. The van der Waals surface area contributed by atoms with Crippen LogP contribution in [0.15, 0.2) is 40.9 Å². The van der Waals surface area contributed by atoms with E-state index in [2.05, 4.69) is 21.2 Å². The Balaban J connectivity index is 1.87. The number of amides is 4. The van der Waals surface area contributed by atoms with Crippen LogP contribution < -0.4 is 5.32 Å². The number of fused-ring (bicyclic) bond motifs is 2. The maximum atomic E-state index is 14.3. The quantitative estimate of drug-likeness (QED) is 0.563. The van der Waals surface area contributed by atoms with Gasteiger partial charge in [0.2, 0.25) is 11.8 Å². The van der Waals surface area contributed by atoms with Crippen LogP contribution in [0.2, 0.25) is 0 Å². The minimum absolute atomic E-state index is 0.0280. The van der Waals surface area contributed by atoms with Gasteiger partial charge in [0.05, 0.1) is 13.0 Å². The van der Waals surface area contributed by atoms with E-state index in [9.17, 15) is 28.0 Å². The van der Waals surface area contributed by atoms with E-state index in [1.807, 2.05) is 0 Å². The summed E-state index contributed by atoms with van der Waals surface area (Å²) in [5.74, 6) is -4.78. The zero-order valence-corrected chi connectivity index (χ0v) is 15.7. The van der Waals surface area contributed by atoms with Crippen molar-refractivity contribution in [3.63, 3.8) is 0 Å². The molecule has 0 bridgehead atoms. The second kappa shape index (κ2) is 6.30. The highest BCUT2D eigenvalue weighted by atomic mass is 79.9. The van der Waals surface area contributed by atoms with Gasteiger partial charge in [-0.3, -0.25) is 29.4 Å². The van der Waals surface area contributed by atoms with Gasteiger partial charge in [-0.2, -0.15) is 0 Å². The Morgan fingerprint density at radius 1 is 1.07 bits per heavy atom. The summed E-state index contributed by atoms with van der Waals surface area (Å²) in [6, 6.07) is 7.17. The first-order chi connectivity index (χ1) is 13.2. The van der Waals surface area contributed by atoms with Crippen molar-refractivity contribution in [2.45, 2.75) is 18.4 Å². The van der Waals surface area contributed by atoms with Crippen molar-refractivity contribution >= 4 is 39.6 Å². The summed E-state index contributed by atoms with van der Waals surface area (Å²) in [5, 5.41) is 2.07. The molecule has 0 aromatic heterocycles. The van der Waals surface area contributed by atoms with Crippen molar-refractivity contribution in [3.8, 4) is 0 Å². The van der Waals surface area contributed by atoms with Crippen LogP contribution in [0.5, 0.6) is 0 Å². The molecule has 2 aromatic rings. The van der Waals surface area contributed by atoms with Crippen LogP contribution in [0.4, 0.5) is 8.78 Å². The Hall–Kier alpha value is -2.94. The number of halogens is 3. The lowest BCUT2D eigenvalue weighted by atomic mass is 9.72. The van der Waals surface area contributed by atoms with Crippen LogP contribution >= 0.6 is 15.9 Å². The third-order valence-corrected chi connectivity index (χ3v) is 5.43. The number of carbonyl (C=O) groups is 4. The molecule has 1 unspecified atom stereocenters. The highest BCUT2D eigenvalue weighted by Gasteiger charge is 2.60. The van der Waals surface area contributed by atoms with Gasteiger partial charge in [-0.25, -0.2) is 8.78 Å². The third-order valence-electron chi connectivity index (χ3n) is 4.94. The summed E-state index contributed by atoms with van der Waals surface area (Å²) in [4.78, 5) is 51.2. The van der Waals surface area contributed by atoms with E-state index >= 15 is 0 Å². The zero-order valence-electron chi connectivity index (χ0n) is 14.1. The molecule has 1 saturated heterocycles. The SMILES string of the molecule is O=C1CC2(C(=O)N1)C(=O)N(Cc1ccc(Br)cc1F)C(=O)c1cc(F)ccc12. The van der Waals surface area contributed by atoms with Crippen LogP contribution in [0, 0.1) is 11.6 Å². The fourth-order valence-corrected chi connectivity index (χ4v) is 3.93. The molecule has 4 amide bonds. The number of hydrogen-bond acceptors (Lipinski definition) is 4. The summed E-state index contributed by atoms with van der Waals surface area (Å²) in [7, 11) is 0. The van der Waals surface area contributed by atoms with E-state index in [1.165, 1.54) is 18.2 Å². The molecule has 0 radical (unpaired) electrons. The fourth-order valence-electron chi connectivity index (χ4n) is 3.60. The predicted molar refractivity (Wildman–Crippen MR) is 94.8 cm³/mol. The van der Waals surface area contributed by atoms with E-state index in [-0.39, 0.29) is 16.7 Å². The molecule has 2 aliphatic heterocycles. The standard InChI is InChI=1S/C19H11BrF2N2O4/c20-10-2-1-9(14(22)5-10)8-24-16(26)12-6-11(21)3-4-13(12)19(18(24)28)7-15(25)23-17(19)27/h1-6H,7-8H2,(H,23,25,27). The Kier molecular flexibility index (Phi) is 4.15. The van der Waals surface area contributed by atoms with Crippen LogP contribution in [-0.4, -0.2) is 28.5 Å². The zero-order chi connectivity index (χ0) is 20.2. The lowest BCUT2D eigenvalue weighted by Crippen LogP contribution is -2.57. The summed E-state index contributed by atoms with van der Waals surface area (Å²) in [6.07, 6.45) is -0.504. The van der Waals surface area contributed by atoms with Crippen molar-refractivity contribution in [1.82, 2.24) is 10.2 Å². The van der Waals surface area contributed by atoms with Gasteiger partial charge >= 0.3 is 0 Å². The second-order valence-corrected chi connectivity index (χ2v) is 7.50. The van der Waals surface area contributed by atoms with Crippen LogP contribution in [0.3, 0.4) is 0 Å². The van der Waals surface area contributed by atoms with Crippen LogP contribution in [0.1, 0.15) is 27.9 Å². The van der Waals surface area contributed by atoms with Crippen molar-refractivity contribution in [1.29, 1.82) is 0 Å². The summed E-state index contributed by atoms with van der Waals surface area (Å²) < 4.78 is 28.5. The van der Waals surface area contributed by atoms with E-state index in [0.29, 0.717) is 9.37 Å². The van der Waals surface area contributed by atoms with Crippen molar-refractivity contribution < 1.29 is 28.0 Å². The fraction of sp³-hybridized carbons (Fsp3) is 0.158. The predicted octanol–water partition coefficient (Wildman–Crippen LogP) is 2.19. The molecule has 1 spiro atoms. The summed E-state index contributed by atoms with van der Waals surface area (Å²) in [5.41, 5.74) is -2.17. The Morgan fingerprint density at radius 2 is 1.82 bits per heavy atom. The molecule has 9 heteroatoms. The maximum Gasteiger partial charge on any atom is 0.261 e. The molecule has 142 valence electrons. The van der Waals surface area contributed by atoms with Crippen molar-refractivity contribution in [2.24, 2.45) is 0 Å². The monoisotopic (exact) mass is 448 g/mol. The van der Waals surface area contributed by atoms with Gasteiger partial charge in [0, 0.05) is 15.6 Å². The molecule has 1 atom stereocenters. The highest BCUT2D eigenvalue weighted by Crippen LogP contribution is 2.41. The average Bonchev–Trinajstić information content (AvgIpc) is 2.93. The first-order valence-corrected chi connectivity index (χ1v) is 8.98. The van der Waals surface area contributed by atoms with Gasteiger partial charge in [0.15, 0.2) is 5.41 Å². The molecule has 0 saturated carbocycles. The highest BCUT2D eigenvalue weighted by molar-refractivity contribution is 9.10. The van der Waals surface area contributed by atoms with E-state index in [0.717, 1.165) is 18.2 Å². The molecule has 4 rings (SSSR count). The second-order valence-electron chi connectivity index (χ2n) is 6.58. The topological polar surface area (TPSA) is 83.6 Å². The van der Waals surface area contributed by atoms with Crippen molar-refractivity contribution in [3.05, 3.63) is 69.2 Å². The van der Waals surface area contributed by atoms with Crippen LogP contribution in [0.25, 0.3) is 0 Å². The lowest BCUT2D eigenvalue weighted by Gasteiger charge is -2.37. The normalized spacial score (nSPS) is 21.3. The molecular weight excluding hydrogens is 438 g/mol. The van der Waals surface area contributed by atoms with E-state index in [4.69, 9.17) is 0 Å². The molecule has 6 nitrogen and oxygen atoms in total. The summed E-state index contributed by atoms with van der Waals surface area (Å²) in [6.45, 7) is -0.462. The van der Waals surface area contributed by atoms with Gasteiger partial charge in [0.1, 0.15) is 11.6 Å². The number of imide groups is 2. The van der Waals surface area contributed by atoms with Crippen molar-refractivity contribution in [2.75, 3.05) is 0 Å².